The Kier molecular flexibility index (Phi) is 4.70. The maximum atomic E-state index is 13.9. The number of hydrogen-bond acceptors (Lipinski definition) is 2. The van der Waals surface area contributed by atoms with Gasteiger partial charge in [-0.15, -0.1) is 0 Å². The largest absolute Gasteiger partial charge is 0.317 e. The second kappa shape index (κ2) is 6.28. The van der Waals surface area contributed by atoms with Gasteiger partial charge >= 0.3 is 0 Å². The van der Waals surface area contributed by atoms with Gasteiger partial charge in [0, 0.05) is 6.20 Å². The molecule has 1 heterocycles. The lowest BCUT2D eigenvalue weighted by atomic mass is 9.71. The lowest BCUT2D eigenvalue weighted by molar-refractivity contribution is 0.238. The molecule has 1 aromatic rings. The van der Waals surface area contributed by atoms with Gasteiger partial charge in [0.25, 0.3) is 0 Å². The summed E-state index contributed by atoms with van der Waals surface area (Å²) >= 11 is 0. The van der Waals surface area contributed by atoms with Crippen molar-refractivity contribution in [1.82, 2.24) is 10.3 Å². The lowest BCUT2D eigenvalue weighted by Crippen LogP contribution is -2.31. The van der Waals surface area contributed by atoms with Crippen LogP contribution >= 0.6 is 0 Å². The van der Waals surface area contributed by atoms with E-state index in [0.717, 1.165) is 25.1 Å². The molecule has 18 heavy (non-hydrogen) atoms. The van der Waals surface area contributed by atoms with Crippen molar-refractivity contribution in [3.8, 4) is 0 Å². The standard InChI is InChI=1S/C15H23FN2/c1-3-17-9-12-5-4-11(2)8-14(12)13-6-7-18-10-15(13)16/h6-7,10-12,14,17H,3-5,8-9H2,1-2H3. The molecule has 0 radical (unpaired) electrons. The maximum Gasteiger partial charge on any atom is 0.144 e. The van der Waals surface area contributed by atoms with Crippen LogP contribution in [0.4, 0.5) is 4.39 Å². The SMILES string of the molecule is CCNCC1CCC(C)CC1c1ccncc1F. The molecule has 3 heteroatoms. The van der Waals surface area contributed by atoms with Crippen LogP contribution in [0.5, 0.6) is 0 Å². The van der Waals surface area contributed by atoms with Crippen molar-refractivity contribution in [1.29, 1.82) is 0 Å². The van der Waals surface area contributed by atoms with E-state index < -0.39 is 0 Å². The molecule has 0 spiro atoms. The molecule has 2 nitrogen and oxygen atoms in total. The monoisotopic (exact) mass is 250 g/mol. The normalized spacial score (nSPS) is 28.3. The number of halogens is 1. The summed E-state index contributed by atoms with van der Waals surface area (Å²) in [4.78, 5) is 3.86. The van der Waals surface area contributed by atoms with Gasteiger partial charge in [0.05, 0.1) is 6.20 Å². The zero-order valence-electron chi connectivity index (χ0n) is 11.3. The van der Waals surface area contributed by atoms with E-state index in [2.05, 4.69) is 24.1 Å². The molecule has 0 bridgehead atoms. The average molecular weight is 250 g/mol. The molecule has 1 N–H and O–H groups in total. The Morgan fingerprint density at radius 2 is 2.28 bits per heavy atom. The van der Waals surface area contributed by atoms with E-state index in [1.807, 2.05) is 6.07 Å². The molecule has 1 aliphatic rings. The van der Waals surface area contributed by atoms with Crippen molar-refractivity contribution in [3.63, 3.8) is 0 Å². The summed E-state index contributed by atoms with van der Waals surface area (Å²) < 4.78 is 13.9. The Morgan fingerprint density at radius 3 is 3.00 bits per heavy atom. The smallest absolute Gasteiger partial charge is 0.144 e. The molecule has 0 amide bonds. The van der Waals surface area contributed by atoms with Crippen molar-refractivity contribution >= 4 is 0 Å². The van der Waals surface area contributed by atoms with E-state index in [0.29, 0.717) is 17.8 Å². The van der Waals surface area contributed by atoms with Crippen LogP contribution in [-0.2, 0) is 0 Å². The maximum absolute atomic E-state index is 13.9. The summed E-state index contributed by atoms with van der Waals surface area (Å²) in [5.74, 6) is 1.45. The van der Waals surface area contributed by atoms with Gasteiger partial charge in [-0.3, -0.25) is 4.98 Å². The molecule has 3 atom stereocenters. The minimum Gasteiger partial charge on any atom is -0.317 e. The summed E-state index contributed by atoms with van der Waals surface area (Å²) in [6.07, 6.45) is 6.61. The molecule has 0 saturated heterocycles. The molecule has 1 aromatic heterocycles. The minimum absolute atomic E-state index is 0.141. The molecule has 0 aliphatic heterocycles. The third-order valence-corrected chi connectivity index (χ3v) is 4.12. The predicted octanol–water partition coefficient (Wildman–Crippen LogP) is 3.35. The van der Waals surface area contributed by atoms with Crippen molar-refractivity contribution in [2.45, 2.75) is 39.0 Å². The van der Waals surface area contributed by atoms with Crippen LogP contribution in [0.2, 0.25) is 0 Å². The molecular formula is C15H23FN2. The summed E-state index contributed by atoms with van der Waals surface area (Å²) in [5.41, 5.74) is 0.861. The van der Waals surface area contributed by atoms with Crippen LogP contribution in [0.15, 0.2) is 18.5 Å². The van der Waals surface area contributed by atoms with Crippen molar-refractivity contribution in [2.75, 3.05) is 13.1 Å². The topological polar surface area (TPSA) is 24.9 Å². The van der Waals surface area contributed by atoms with Gasteiger partial charge in [-0.1, -0.05) is 20.3 Å². The minimum atomic E-state index is -0.141. The molecule has 1 fully saturated rings. The van der Waals surface area contributed by atoms with E-state index in [9.17, 15) is 4.39 Å². The first-order chi connectivity index (χ1) is 8.72. The van der Waals surface area contributed by atoms with Gasteiger partial charge in [0.1, 0.15) is 5.82 Å². The van der Waals surface area contributed by atoms with Crippen molar-refractivity contribution in [3.05, 3.63) is 29.8 Å². The van der Waals surface area contributed by atoms with Crippen LogP contribution in [0, 0.1) is 17.7 Å². The van der Waals surface area contributed by atoms with Gasteiger partial charge in [-0.05, 0) is 55.3 Å². The van der Waals surface area contributed by atoms with E-state index in [4.69, 9.17) is 0 Å². The molecule has 0 aromatic carbocycles. The number of aromatic nitrogens is 1. The Bertz CT molecular complexity index is 379. The summed E-state index contributed by atoms with van der Waals surface area (Å²) in [5, 5.41) is 3.41. The summed E-state index contributed by atoms with van der Waals surface area (Å²) in [7, 11) is 0. The Morgan fingerprint density at radius 1 is 1.44 bits per heavy atom. The fourth-order valence-corrected chi connectivity index (χ4v) is 3.09. The van der Waals surface area contributed by atoms with Gasteiger partial charge in [-0.25, -0.2) is 4.39 Å². The van der Waals surface area contributed by atoms with Gasteiger partial charge < -0.3 is 5.32 Å². The predicted molar refractivity (Wildman–Crippen MR) is 72.0 cm³/mol. The van der Waals surface area contributed by atoms with Crippen molar-refractivity contribution < 1.29 is 4.39 Å². The van der Waals surface area contributed by atoms with Gasteiger partial charge in [-0.2, -0.15) is 0 Å². The fraction of sp³-hybridized carbons (Fsp3) is 0.667. The van der Waals surface area contributed by atoms with Gasteiger partial charge in [0.15, 0.2) is 0 Å². The first kappa shape index (κ1) is 13.5. The van der Waals surface area contributed by atoms with Crippen LogP contribution in [0.1, 0.15) is 44.6 Å². The van der Waals surface area contributed by atoms with Crippen molar-refractivity contribution in [2.24, 2.45) is 11.8 Å². The zero-order valence-corrected chi connectivity index (χ0v) is 11.3. The fourth-order valence-electron chi connectivity index (χ4n) is 3.09. The number of hydrogen-bond donors (Lipinski definition) is 1. The molecule has 2 rings (SSSR count). The summed E-state index contributed by atoms with van der Waals surface area (Å²) in [6.45, 7) is 6.37. The number of pyridine rings is 1. The molecular weight excluding hydrogens is 227 g/mol. The quantitative estimate of drug-likeness (QED) is 0.886. The zero-order chi connectivity index (χ0) is 13.0. The first-order valence-corrected chi connectivity index (χ1v) is 7.02. The van der Waals surface area contributed by atoms with Crippen LogP contribution in [0.25, 0.3) is 0 Å². The summed E-state index contributed by atoms with van der Waals surface area (Å²) in [6, 6.07) is 1.86. The highest BCUT2D eigenvalue weighted by atomic mass is 19.1. The van der Waals surface area contributed by atoms with Crippen LogP contribution in [0.3, 0.4) is 0 Å². The third-order valence-electron chi connectivity index (χ3n) is 4.12. The molecule has 1 saturated carbocycles. The third kappa shape index (κ3) is 3.08. The van der Waals surface area contributed by atoms with E-state index in [-0.39, 0.29) is 5.82 Å². The van der Waals surface area contributed by atoms with E-state index in [1.165, 1.54) is 19.0 Å². The average Bonchev–Trinajstić information content (AvgIpc) is 2.38. The molecule has 3 unspecified atom stereocenters. The number of nitrogens with zero attached hydrogens (tertiary/aromatic N) is 1. The lowest BCUT2D eigenvalue weighted by Gasteiger charge is -2.35. The number of nitrogens with one attached hydrogen (secondary N) is 1. The highest BCUT2D eigenvalue weighted by Gasteiger charge is 2.31. The second-order valence-corrected chi connectivity index (χ2v) is 5.49. The first-order valence-electron chi connectivity index (χ1n) is 7.02. The highest BCUT2D eigenvalue weighted by molar-refractivity contribution is 5.20. The van der Waals surface area contributed by atoms with Crippen LogP contribution < -0.4 is 5.32 Å². The van der Waals surface area contributed by atoms with E-state index >= 15 is 0 Å². The van der Waals surface area contributed by atoms with Crippen LogP contribution in [-0.4, -0.2) is 18.1 Å². The second-order valence-electron chi connectivity index (χ2n) is 5.49. The number of rotatable bonds is 4. The highest BCUT2D eigenvalue weighted by Crippen LogP contribution is 2.40. The molecule has 100 valence electrons. The Hall–Kier alpha value is -0.960. The Balaban J connectivity index is 2.17. The van der Waals surface area contributed by atoms with E-state index in [1.54, 1.807) is 6.20 Å². The van der Waals surface area contributed by atoms with Gasteiger partial charge in [0.2, 0.25) is 0 Å². The molecule has 1 aliphatic carbocycles. The Labute approximate surface area is 109 Å².